The van der Waals surface area contributed by atoms with Crippen LogP contribution in [0.1, 0.15) is 27.0 Å². The summed E-state index contributed by atoms with van der Waals surface area (Å²) in [6, 6.07) is 11.7. The molecule has 2 aromatic carbocycles. The van der Waals surface area contributed by atoms with Crippen molar-refractivity contribution in [2.75, 3.05) is 11.9 Å². The second-order valence-corrected chi connectivity index (χ2v) is 6.68. The highest BCUT2D eigenvalue weighted by molar-refractivity contribution is 6.08. The highest BCUT2D eigenvalue weighted by atomic mass is 16.2. The van der Waals surface area contributed by atoms with Crippen molar-refractivity contribution in [3.63, 3.8) is 0 Å². The van der Waals surface area contributed by atoms with Gasteiger partial charge in [-0.25, -0.2) is 0 Å². The second-order valence-electron chi connectivity index (χ2n) is 6.68. The van der Waals surface area contributed by atoms with E-state index in [-0.39, 0.29) is 18.4 Å². The zero-order valence-corrected chi connectivity index (χ0v) is 15.5. The number of amides is 2. The Labute approximate surface area is 153 Å². The van der Waals surface area contributed by atoms with Crippen molar-refractivity contribution in [1.82, 2.24) is 9.88 Å². The van der Waals surface area contributed by atoms with Gasteiger partial charge in [-0.3, -0.25) is 9.59 Å². The van der Waals surface area contributed by atoms with Crippen molar-refractivity contribution in [1.29, 1.82) is 0 Å². The number of aromatic nitrogens is 1. The molecular weight excluding hydrogens is 326 g/mol. The fraction of sp³-hybridized carbons (Fsp3) is 0.238. The highest BCUT2D eigenvalue weighted by Crippen LogP contribution is 2.22. The number of carbonyl (C=O) groups is 2. The lowest BCUT2D eigenvalue weighted by molar-refractivity contribution is -0.115. The third-order valence-corrected chi connectivity index (χ3v) is 4.49. The standard InChI is InChI=1S/C21H23N3O2/c1-13-9-14(2)20(15(3)10-13)23-19(25)11-22-21(26)17-12-24(4)18-8-6-5-7-16(17)18/h5-10,12H,11H2,1-4H3,(H,22,26)(H,23,25). The molecule has 2 N–H and O–H groups in total. The number of anilines is 1. The van der Waals surface area contributed by atoms with Gasteiger partial charge in [0.1, 0.15) is 0 Å². The maximum Gasteiger partial charge on any atom is 0.253 e. The van der Waals surface area contributed by atoms with E-state index in [1.165, 1.54) is 0 Å². The van der Waals surface area contributed by atoms with E-state index in [2.05, 4.69) is 10.6 Å². The Morgan fingerprint density at radius 3 is 2.38 bits per heavy atom. The molecule has 3 aromatic rings. The SMILES string of the molecule is Cc1cc(C)c(NC(=O)CNC(=O)c2cn(C)c3ccccc23)c(C)c1. The molecule has 0 unspecified atom stereocenters. The van der Waals surface area contributed by atoms with Crippen LogP contribution in [0.3, 0.4) is 0 Å². The Bertz CT molecular complexity index is 979. The van der Waals surface area contributed by atoms with Gasteiger partial charge in [0.15, 0.2) is 0 Å². The molecule has 2 amide bonds. The molecule has 0 spiro atoms. The number of aryl methyl sites for hydroxylation is 4. The van der Waals surface area contributed by atoms with Gasteiger partial charge in [0.2, 0.25) is 5.91 Å². The summed E-state index contributed by atoms with van der Waals surface area (Å²) in [5.41, 5.74) is 5.53. The quantitative estimate of drug-likeness (QED) is 0.757. The predicted molar refractivity (Wildman–Crippen MR) is 105 cm³/mol. The molecule has 0 saturated heterocycles. The van der Waals surface area contributed by atoms with Crippen LogP contribution >= 0.6 is 0 Å². The minimum absolute atomic E-state index is 0.0746. The molecule has 0 aliphatic rings. The monoisotopic (exact) mass is 349 g/mol. The van der Waals surface area contributed by atoms with Crippen LogP contribution in [-0.4, -0.2) is 22.9 Å². The van der Waals surface area contributed by atoms with Crippen molar-refractivity contribution in [3.05, 3.63) is 64.8 Å². The van der Waals surface area contributed by atoms with E-state index in [9.17, 15) is 9.59 Å². The molecule has 5 nitrogen and oxygen atoms in total. The summed E-state index contributed by atoms with van der Waals surface area (Å²) in [6.07, 6.45) is 1.78. The number of hydrogen-bond acceptors (Lipinski definition) is 2. The lowest BCUT2D eigenvalue weighted by Gasteiger charge is -2.13. The first-order valence-corrected chi connectivity index (χ1v) is 8.57. The van der Waals surface area contributed by atoms with Gasteiger partial charge in [0.25, 0.3) is 5.91 Å². The van der Waals surface area contributed by atoms with E-state index in [0.717, 1.165) is 33.3 Å². The fourth-order valence-corrected chi connectivity index (χ4v) is 3.34. The van der Waals surface area contributed by atoms with Gasteiger partial charge < -0.3 is 15.2 Å². The van der Waals surface area contributed by atoms with E-state index < -0.39 is 0 Å². The van der Waals surface area contributed by atoms with Crippen LogP contribution in [0.15, 0.2) is 42.6 Å². The number of carbonyl (C=O) groups excluding carboxylic acids is 2. The Hall–Kier alpha value is -3.08. The minimum atomic E-state index is -0.255. The first kappa shape index (κ1) is 17.7. The van der Waals surface area contributed by atoms with Crippen molar-refractivity contribution in [2.45, 2.75) is 20.8 Å². The number of rotatable bonds is 4. The van der Waals surface area contributed by atoms with Gasteiger partial charge in [0.05, 0.1) is 12.1 Å². The van der Waals surface area contributed by atoms with Crippen molar-refractivity contribution in [3.8, 4) is 0 Å². The van der Waals surface area contributed by atoms with E-state index >= 15 is 0 Å². The number of nitrogens with one attached hydrogen (secondary N) is 2. The summed E-state index contributed by atoms with van der Waals surface area (Å²) in [4.78, 5) is 24.8. The summed E-state index contributed by atoms with van der Waals surface area (Å²) >= 11 is 0. The fourth-order valence-electron chi connectivity index (χ4n) is 3.34. The molecule has 0 radical (unpaired) electrons. The number of para-hydroxylation sites is 1. The van der Waals surface area contributed by atoms with Gasteiger partial charge >= 0.3 is 0 Å². The van der Waals surface area contributed by atoms with Crippen molar-refractivity contribution in [2.24, 2.45) is 7.05 Å². The Morgan fingerprint density at radius 1 is 1.04 bits per heavy atom. The molecule has 1 heterocycles. The number of fused-ring (bicyclic) bond motifs is 1. The zero-order chi connectivity index (χ0) is 18.8. The number of nitrogens with zero attached hydrogens (tertiary/aromatic N) is 1. The third kappa shape index (κ3) is 3.47. The molecule has 26 heavy (non-hydrogen) atoms. The molecule has 1 aromatic heterocycles. The zero-order valence-electron chi connectivity index (χ0n) is 15.5. The number of hydrogen-bond donors (Lipinski definition) is 2. The lowest BCUT2D eigenvalue weighted by atomic mass is 10.1. The Balaban J connectivity index is 1.69. The lowest BCUT2D eigenvalue weighted by Crippen LogP contribution is -2.33. The summed E-state index contributed by atoms with van der Waals surface area (Å²) in [5, 5.41) is 6.48. The van der Waals surface area contributed by atoms with Crippen LogP contribution in [0.25, 0.3) is 10.9 Å². The molecule has 0 aliphatic heterocycles. The van der Waals surface area contributed by atoms with Crippen molar-refractivity contribution >= 4 is 28.4 Å². The van der Waals surface area contributed by atoms with Gasteiger partial charge in [-0.05, 0) is 38.0 Å². The maximum atomic E-state index is 12.5. The minimum Gasteiger partial charge on any atom is -0.350 e. The molecule has 0 aliphatic carbocycles. The summed E-state index contributed by atoms with van der Waals surface area (Å²) in [6.45, 7) is 5.87. The molecule has 0 atom stereocenters. The van der Waals surface area contributed by atoms with Gasteiger partial charge in [-0.2, -0.15) is 0 Å². The molecule has 0 saturated carbocycles. The Kier molecular flexibility index (Phi) is 4.80. The van der Waals surface area contributed by atoms with E-state index in [1.54, 1.807) is 6.20 Å². The van der Waals surface area contributed by atoms with E-state index in [4.69, 9.17) is 0 Å². The Morgan fingerprint density at radius 2 is 1.69 bits per heavy atom. The molecule has 3 rings (SSSR count). The van der Waals surface area contributed by atoms with Crippen LogP contribution in [0.2, 0.25) is 0 Å². The van der Waals surface area contributed by atoms with Gasteiger partial charge in [0, 0.05) is 29.8 Å². The molecular formula is C21H23N3O2. The van der Waals surface area contributed by atoms with Crippen LogP contribution in [0, 0.1) is 20.8 Å². The van der Waals surface area contributed by atoms with Crippen LogP contribution in [0.4, 0.5) is 5.69 Å². The average Bonchev–Trinajstić information content (AvgIpc) is 2.93. The first-order valence-electron chi connectivity index (χ1n) is 8.57. The molecule has 0 bridgehead atoms. The summed E-state index contributed by atoms with van der Waals surface area (Å²) in [7, 11) is 1.90. The van der Waals surface area contributed by atoms with E-state index in [1.807, 2.05) is 68.8 Å². The maximum absolute atomic E-state index is 12.5. The topological polar surface area (TPSA) is 63.1 Å². The number of benzene rings is 2. The predicted octanol–water partition coefficient (Wildman–Crippen LogP) is 3.47. The highest BCUT2D eigenvalue weighted by Gasteiger charge is 2.15. The van der Waals surface area contributed by atoms with Crippen LogP contribution in [-0.2, 0) is 11.8 Å². The second kappa shape index (κ2) is 7.04. The third-order valence-electron chi connectivity index (χ3n) is 4.49. The van der Waals surface area contributed by atoms with Crippen LogP contribution in [0.5, 0.6) is 0 Å². The van der Waals surface area contributed by atoms with Gasteiger partial charge in [-0.15, -0.1) is 0 Å². The molecule has 5 heteroatoms. The normalized spacial score (nSPS) is 10.8. The van der Waals surface area contributed by atoms with Crippen molar-refractivity contribution < 1.29 is 9.59 Å². The smallest absolute Gasteiger partial charge is 0.253 e. The largest absolute Gasteiger partial charge is 0.350 e. The van der Waals surface area contributed by atoms with Crippen LogP contribution < -0.4 is 10.6 Å². The van der Waals surface area contributed by atoms with Gasteiger partial charge in [-0.1, -0.05) is 35.9 Å². The molecule has 0 fully saturated rings. The molecule has 134 valence electrons. The summed E-state index contributed by atoms with van der Waals surface area (Å²) < 4.78 is 1.91. The summed E-state index contributed by atoms with van der Waals surface area (Å²) in [5.74, 6) is -0.497. The van der Waals surface area contributed by atoms with E-state index in [0.29, 0.717) is 5.56 Å². The average molecular weight is 349 g/mol. The first-order chi connectivity index (χ1) is 12.4.